The van der Waals surface area contributed by atoms with Crippen molar-refractivity contribution in [2.75, 3.05) is 24.1 Å². The maximum absolute atomic E-state index is 5.79. The van der Waals surface area contributed by atoms with E-state index in [4.69, 9.17) is 5.73 Å². The Labute approximate surface area is 95.4 Å². The Hall–Kier alpha value is -1.42. The number of aliphatic imine (C=N–C) groups is 1. The molecule has 1 aromatic rings. The van der Waals surface area contributed by atoms with Crippen LogP contribution in [0.1, 0.15) is 5.56 Å². The Morgan fingerprint density at radius 2 is 2.27 bits per heavy atom. The Morgan fingerprint density at radius 3 is 2.87 bits per heavy atom. The highest BCUT2D eigenvalue weighted by Gasteiger charge is 2.04. The average Bonchev–Trinajstić information content (AvgIpc) is 2.64. The quantitative estimate of drug-likeness (QED) is 0.634. The Balaban J connectivity index is 0.00000112. The molecule has 5 heteroatoms. The monoisotopic (exact) mass is 226 g/mol. The molecule has 0 amide bonds. The molecule has 1 aromatic carbocycles. The van der Waals surface area contributed by atoms with Crippen molar-refractivity contribution in [3.05, 3.63) is 23.8 Å². The lowest BCUT2D eigenvalue weighted by Crippen LogP contribution is -2.26. The minimum Gasteiger partial charge on any atom is -0.398 e. The summed E-state index contributed by atoms with van der Waals surface area (Å²) in [4.78, 5) is 4.24. The SMILES string of the molecule is Cc1ccc(NC2=NCCN2)cc1N.Cl. The predicted molar refractivity (Wildman–Crippen MR) is 66.8 cm³/mol. The van der Waals surface area contributed by atoms with Crippen molar-refractivity contribution in [1.29, 1.82) is 0 Å². The summed E-state index contributed by atoms with van der Waals surface area (Å²) in [5.74, 6) is 0.827. The van der Waals surface area contributed by atoms with E-state index in [-0.39, 0.29) is 12.4 Å². The van der Waals surface area contributed by atoms with Crippen molar-refractivity contribution in [3.63, 3.8) is 0 Å². The van der Waals surface area contributed by atoms with Crippen LogP contribution in [0.3, 0.4) is 0 Å². The number of halogens is 1. The van der Waals surface area contributed by atoms with Gasteiger partial charge in [0.15, 0.2) is 5.96 Å². The number of benzene rings is 1. The number of nitrogens with one attached hydrogen (secondary N) is 2. The van der Waals surface area contributed by atoms with E-state index in [1.54, 1.807) is 0 Å². The lowest BCUT2D eigenvalue weighted by Gasteiger charge is -2.08. The van der Waals surface area contributed by atoms with Crippen molar-refractivity contribution in [2.45, 2.75) is 6.92 Å². The number of nitrogens with two attached hydrogens (primary N) is 1. The zero-order valence-corrected chi connectivity index (χ0v) is 9.40. The minimum absolute atomic E-state index is 0. The van der Waals surface area contributed by atoms with Gasteiger partial charge in [-0.15, -0.1) is 12.4 Å². The molecule has 0 unspecified atom stereocenters. The van der Waals surface area contributed by atoms with Crippen LogP contribution in [0, 0.1) is 6.92 Å². The highest BCUT2D eigenvalue weighted by molar-refractivity contribution is 5.95. The summed E-state index contributed by atoms with van der Waals surface area (Å²) in [5.41, 5.74) is 8.66. The van der Waals surface area contributed by atoms with Gasteiger partial charge in [0.25, 0.3) is 0 Å². The second-order valence-corrected chi connectivity index (χ2v) is 3.35. The first-order valence-electron chi connectivity index (χ1n) is 4.67. The summed E-state index contributed by atoms with van der Waals surface area (Å²) in [6.45, 7) is 3.73. The third-order valence-corrected chi connectivity index (χ3v) is 2.22. The number of anilines is 2. The van der Waals surface area contributed by atoms with Gasteiger partial charge in [-0.1, -0.05) is 6.07 Å². The molecule has 82 valence electrons. The van der Waals surface area contributed by atoms with Crippen LogP contribution in [0.4, 0.5) is 11.4 Å². The van der Waals surface area contributed by atoms with Crippen molar-refractivity contribution in [2.24, 2.45) is 4.99 Å². The fraction of sp³-hybridized carbons (Fsp3) is 0.300. The van der Waals surface area contributed by atoms with E-state index in [1.165, 1.54) is 0 Å². The van der Waals surface area contributed by atoms with Gasteiger partial charge in [-0.2, -0.15) is 0 Å². The zero-order chi connectivity index (χ0) is 9.97. The first kappa shape index (κ1) is 11.7. The number of nitrogens with zero attached hydrogens (tertiary/aromatic N) is 1. The number of rotatable bonds is 1. The van der Waals surface area contributed by atoms with E-state index in [2.05, 4.69) is 15.6 Å². The van der Waals surface area contributed by atoms with E-state index in [0.29, 0.717) is 0 Å². The summed E-state index contributed by atoms with van der Waals surface area (Å²) in [5, 5.41) is 6.30. The van der Waals surface area contributed by atoms with Crippen LogP contribution < -0.4 is 16.4 Å². The maximum atomic E-state index is 5.79. The van der Waals surface area contributed by atoms with Crippen LogP contribution >= 0.6 is 12.4 Å². The van der Waals surface area contributed by atoms with Crippen molar-refractivity contribution >= 4 is 29.7 Å². The van der Waals surface area contributed by atoms with E-state index >= 15 is 0 Å². The predicted octanol–water partition coefficient (Wildman–Crippen LogP) is 1.37. The number of aryl methyl sites for hydroxylation is 1. The van der Waals surface area contributed by atoms with Crippen LogP contribution in [0.5, 0.6) is 0 Å². The number of hydrogen-bond donors (Lipinski definition) is 3. The third kappa shape index (κ3) is 2.76. The van der Waals surface area contributed by atoms with Crippen LogP contribution in [-0.4, -0.2) is 19.0 Å². The molecule has 0 fully saturated rings. The first-order chi connectivity index (χ1) is 6.75. The summed E-state index contributed by atoms with van der Waals surface area (Å²) in [6.07, 6.45) is 0. The molecule has 4 N–H and O–H groups in total. The lowest BCUT2D eigenvalue weighted by molar-refractivity contribution is 0.959. The maximum Gasteiger partial charge on any atom is 0.195 e. The topological polar surface area (TPSA) is 62.4 Å². The highest BCUT2D eigenvalue weighted by atomic mass is 35.5. The van der Waals surface area contributed by atoms with Crippen molar-refractivity contribution in [1.82, 2.24) is 5.32 Å². The van der Waals surface area contributed by atoms with Gasteiger partial charge in [0.2, 0.25) is 0 Å². The third-order valence-electron chi connectivity index (χ3n) is 2.22. The molecule has 0 saturated heterocycles. The summed E-state index contributed by atoms with van der Waals surface area (Å²) < 4.78 is 0. The van der Waals surface area contributed by atoms with Gasteiger partial charge in [0.1, 0.15) is 0 Å². The Kier molecular flexibility index (Phi) is 3.80. The molecule has 2 rings (SSSR count). The summed E-state index contributed by atoms with van der Waals surface area (Å²) >= 11 is 0. The number of guanidine groups is 1. The fourth-order valence-electron chi connectivity index (χ4n) is 1.34. The van der Waals surface area contributed by atoms with Crippen molar-refractivity contribution < 1.29 is 0 Å². The molecule has 0 saturated carbocycles. The second kappa shape index (κ2) is 4.89. The van der Waals surface area contributed by atoms with Gasteiger partial charge in [-0.3, -0.25) is 4.99 Å². The molecular weight excluding hydrogens is 212 g/mol. The van der Waals surface area contributed by atoms with E-state index in [0.717, 1.165) is 36.0 Å². The van der Waals surface area contributed by atoms with E-state index in [9.17, 15) is 0 Å². The molecule has 0 atom stereocenters. The Morgan fingerprint density at radius 1 is 1.47 bits per heavy atom. The largest absolute Gasteiger partial charge is 0.398 e. The zero-order valence-electron chi connectivity index (χ0n) is 8.58. The van der Waals surface area contributed by atoms with Crippen LogP contribution in [0.25, 0.3) is 0 Å². The molecule has 1 aliphatic rings. The number of hydrogen-bond acceptors (Lipinski definition) is 4. The molecule has 1 heterocycles. The molecule has 0 aliphatic carbocycles. The van der Waals surface area contributed by atoms with Gasteiger partial charge in [0, 0.05) is 17.9 Å². The smallest absolute Gasteiger partial charge is 0.195 e. The normalized spacial score (nSPS) is 13.8. The van der Waals surface area contributed by atoms with E-state index < -0.39 is 0 Å². The molecule has 1 aliphatic heterocycles. The van der Waals surface area contributed by atoms with Crippen LogP contribution in [0.15, 0.2) is 23.2 Å². The first-order valence-corrected chi connectivity index (χ1v) is 4.67. The second-order valence-electron chi connectivity index (χ2n) is 3.35. The molecule has 15 heavy (non-hydrogen) atoms. The van der Waals surface area contributed by atoms with Crippen LogP contribution in [-0.2, 0) is 0 Å². The standard InChI is InChI=1S/C10H14N4.ClH/c1-7-2-3-8(6-9(7)11)14-10-12-4-5-13-10;/h2-3,6H,4-5,11H2,1H3,(H2,12,13,14);1H. The number of nitrogen functional groups attached to an aromatic ring is 1. The van der Waals surface area contributed by atoms with Crippen molar-refractivity contribution in [3.8, 4) is 0 Å². The molecule has 0 radical (unpaired) electrons. The van der Waals surface area contributed by atoms with Gasteiger partial charge in [-0.05, 0) is 24.6 Å². The Bertz CT molecular complexity index is 376. The summed E-state index contributed by atoms with van der Waals surface area (Å²) in [7, 11) is 0. The van der Waals surface area contributed by atoms with Gasteiger partial charge >= 0.3 is 0 Å². The molecule has 0 bridgehead atoms. The molecule has 0 aromatic heterocycles. The van der Waals surface area contributed by atoms with Gasteiger partial charge < -0.3 is 16.4 Å². The van der Waals surface area contributed by atoms with E-state index in [1.807, 2.05) is 25.1 Å². The highest BCUT2D eigenvalue weighted by Crippen LogP contribution is 2.16. The summed E-state index contributed by atoms with van der Waals surface area (Å²) in [6, 6.07) is 5.90. The van der Waals surface area contributed by atoms with Gasteiger partial charge in [-0.25, -0.2) is 0 Å². The van der Waals surface area contributed by atoms with Crippen LogP contribution in [0.2, 0.25) is 0 Å². The fourth-order valence-corrected chi connectivity index (χ4v) is 1.34. The lowest BCUT2D eigenvalue weighted by atomic mass is 10.2. The molecule has 0 spiro atoms. The minimum atomic E-state index is 0. The van der Waals surface area contributed by atoms with Gasteiger partial charge in [0.05, 0.1) is 6.54 Å². The molecular formula is C10H15ClN4. The average molecular weight is 227 g/mol. The molecule has 4 nitrogen and oxygen atoms in total.